The molecule has 4 aromatic rings. The molecular weight excluding hydrogens is 463 g/mol. The van der Waals surface area contributed by atoms with Crippen molar-refractivity contribution < 1.29 is 21.6 Å². The van der Waals surface area contributed by atoms with E-state index in [2.05, 4.69) is 26.2 Å². The fourth-order valence-corrected chi connectivity index (χ4v) is 4.20. The highest BCUT2D eigenvalue weighted by Gasteiger charge is 2.29. The molecule has 0 radical (unpaired) electrons. The highest BCUT2D eigenvalue weighted by Crippen LogP contribution is 2.33. The highest BCUT2D eigenvalue weighted by atomic mass is 79.9. The molecule has 0 unspecified atom stereocenters. The number of benzene rings is 2. The number of hydrogen-bond acceptors (Lipinski definition) is 6. The minimum atomic E-state index is -4.02. The van der Waals surface area contributed by atoms with Crippen LogP contribution >= 0.6 is 15.9 Å². The van der Waals surface area contributed by atoms with Gasteiger partial charge in [-0.25, -0.2) is 12.8 Å². The molecule has 0 fully saturated rings. The van der Waals surface area contributed by atoms with Gasteiger partial charge in [-0.2, -0.15) is 4.98 Å². The largest absolute Gasteiger partial charge is 0.467 e. The second-order valence-electron chi connectivity index (χ2n) is 6.02. The average Bonchev–Trinajstić information content (AvgIpc) is 3.37. The molecule has 2 heterocycles. The van der Waals surface area contributed by atoms with Crippen LogP contribution in [0.4, 0.5) is 10.3 Å². The quantitative estimate of drug-likeness (QED) is 0.407. The van der Waals surface area contributed by atoms with Gasteiger partial charge in [0.05, 0.1) is 23.3 Å². The molecule has 4 rings (SSSR count). The molecular formula is C20H14BrFN2O4S. The van der Waals surface area contributed by atoms with E-state index < -0.39 is 15.7 Å². The number of nitrogens with one attached hydrogen (secondary N) is 1. The van der Waals surface area contributed by atoms with Crippen LogP contribution in [0.3, 0.4) is 0 Å². The second-order valence-corrected chi connectivity index (χ2v) is 8.80. The first-order chi connectivity index (χ1) is 13.9. The van der Waals surface area contributed by atoms with Gasteiger partial charge in [-0.3, -0.25) is 0 Å². The maximum Gasteiger partial charge on any atom is 0.234 e. The van der Waals surface area contributed by atoms with E-state index in [1.54, 1.807) is 30.3 Å². The molecule has 9 heteroatoms. The van der Waals surface area contributed by atoms with Crippen LogP contribution in [-0.2, 0) is 16.4 Å². The lowest BCUT2D eigenvalue weighted by atomic mass is 10.2. The topological polar surface area (TPSA) is 85.3 Å². The van der Waals surface area contributed by atoms with Crippen molar-refractivity contribution in [3.63, 3.8) is 0 Å². The summed E-state index contributed by atoms with van der Waals surface area (Å²) in [5, 5.41) is 2.55. The molecule has 0 aliphatic heterocycles. The Morgan fingerprint density at radius 2 is 1.79 bits per heavy atom. The van der Waals surface area contributed by atoms with Gasteiger partial charge in [-0.15, -0.1) is 0 Å². The van der Waals surface area contributed by atoms with Crippen LogP contribution < -0.4 is 5.32 Å². The molecule has 0 aliphatic carbocycles. The number of anilines is 1. The molecule has 0 spiro atoms. The average molecular weight is 477 g/mol. The Morgan fingerprint density at radius 1 is 1.03 bits per heavy atom. The lowest BCUT2D eigenvalue weighted by Gasteiger charge is -2.05. The summed E-state index contributed by atoms with van der Waals surface area (Å²) in [7, 11) is -4.02. The van der Waals surface area contributed by atoms with Crippen LogP contribution in [0.1, 0.15) is 5.76 Å². The number of furan rings is 1. The van der Waals surface area contributed by atoms with Gasteiger partial charge in [0.2, 0.25) is 26.6 Å². The molecule has 0 saturated carbocycles. The third-order valence-corrected chi connectivity index (χ3v) is 6.29. The van der Waals surface area contributed by atoms with E-state index in [0.29, 0.717) is 5.76 Å². The van der Waals surface area contributed by atoms with Gasteiger partial charge in [-0.1, -0.05) is 28.1 Å². The molecule has 6 nitrogen and oxygen atoms in total. The summed E-state index contributed by atoms with van der Waals surface area (Å²) >= 11 is 3.28. The van der Waals surface area contributed by atoms with Gasteiger partial charge in [0.1, 0.15) is 11.6 Å². The fourth-order valence-electron chi connectivity index (χ4n) is 2.66. The Bertz CT molecular complexity index is 1240. The lowest BCUT2D eigenvalue weighted by Crippen LogP contribution is -2.07. The first-order valence-electron chi connectivity index (χ1n) is 8.48. The summed E-state index contributed by atoms with van der Waals surface area (Å²) in [6.07, 6.45) is 1.50. The number of hydrogen-bond donors (Lipinski definition) is 1. The van der Waals surface area contributed by atoms with Crippen molar-refractivity contribution in [1.82, 2.24) is 4.98 Å². The highest BCUT2D eigenvalue weighted by molar-refractivity contribution is 9.10. The van der Waals surface area contributed by atoms with E-state index >= 15 is 0 Å². The standard InChI is InChI=1S/C20H14BrFN2O4S/c21-13-7-9-15(10-8-13)29(25,26)20-19(23-12-14-4-3-11-27-14)28-18(24-20)16-5-1-2-6-17(16)22/h1-11,23H,12H2. The Kier molecular flexibility index (Phi) is 5.25. The molecule has 2 aromatic carbocycles. The summed E-state index contributed by atoms with van der Waals surface area (Å²) in [4.78, 5) is 4.15. The Labute approximate surface area is 174 Å². The molecule has 29 heavy (non-hydrogen) atoms. The summed E-state index contributed by atoms with van der Waals surface area (Å²) in [6.45, 7) is 0.168. The number of aromatic nitrogens is 1. The zero-order valence-electron chi connectivity index (χ0n) is 14.8. The normalized spacial score (nSPS) is 11.5. The summed E-state index contributed by atoms with van der Waals surface area (Å²) in [5.41, 5.74) is 0.0609. The molecule has 2 aromatic heterocycles. The molecule has 0 bridgehead atoms. The van der Waals surface area contributed by atoms with Crippen molar-refractivity contribution in [3.05, 3.63) is 83.0 Å². The van der Waals surface area contributed by atoms with Crippen molar-refractivity contribution in [2.75, 3.05) is 5.32 Å². The number of oxazole rings is 1. The van der Waals surface area contributed by atoms with Crippen molar-refractivity contribution in [2.24, 2.45) is 0 Å². The minimum Gasteiger partial charge on any atom is -0.467 e. The predicted molar refractivity (Wildman–Crippen MR) is 108 cm³/mol. The van der Waals surface area contributed by atoms with Gasteiger partial charge >= 0.3 is 0 Å². The molecule has 0 atom stereocenters. The van der Waals surface area contributed by atoms with Crippen molar-refractivity contribution >= 4 is 31.7 Å². The number of nitrogens with zero attached hydrogens (tertiary/aromatic N) is 1. The van der Waals surface area contributed by atoms with Gasteiger partial charge in [-0.05, 0) is 48.5 Å². The monoisotopic (exact) mass is 476 g/mol. The summed E-state index contributed by atoms with van der Waals surface area (Å²) in [5.74, 6) is -0.233. The van der Waals surface area contributed by atoms with Crippen LogP contribution in [0.15, 0.2) is 90.2 Å². The molecule has 148 valence electrons. The molecule has 1 N–H and O–H groups in total. The molecule has 0 aliphatic rings. The SMILES string of the molecule is O=S(=O)(c1ccc(Br)cc1)c1nc(-c2ccccc2F)oc1NCc1ccco1. The van der Waals surface area contributed by atoms with Crippen LogP contribution in [0, 0.1) is 5.82 Å². The van der Waals surface area contributed by atoms with Crippen LogP contribution in [-0.4, -0.2) is 13.4 Å². The maximum atomic E-state index is 14.2. The van der Waals surface area contributed by atoms with E-state index in [0.717, 1.165) is 4.47 Å². The van der Waals surface area contributed by atoms with Crippen LogP contribution in [0.25, 0.3) is 11.5 Å². The zero-order valence-corrected chi connectivity index (χ0v) is 17.2. The lowest BCUT2D eigenvalue weighted by molar-refractivity contribution is 0.510. The smallest absolute Gasteiger partial charge is 0.234 e. The van der Waals surface area contributed by atoms with E-state index in [-0.39, 0.29) is 33.8 Å². The second kappa shape index (κ2) is 7.84. The fraction of sp³-hybridized carbons (Fsp3) is 0.0500. The maximum absolute atomic E-state index is 14.2. The third-order valence-electron chi connectivity index (χ3n) is 4.08. The van der Waals surface area contributed by atoms with Gasteiger partial charge in [0, 0.05) is 4.47 Å². The van der Waals surface area contributed by atoms with Gasteiger partial charge in [0.15, 0.2) is 0 Å². The summed E-state index contributed by atoms with van der Waals surface area (Å²) in [6, 6.07) is 15.4. The third kappa shape index (κ3) is 3.96. The van der Waals surface area contributed by atoms with E-state index in [9.17, 15) is 12.8 Å². The zero-order chi connectivity index (χ0) is 20.4. The van der Waals surface area contributed by atoms with Crippen molar-refractivity contribution in [3.8, 4) is 11.5 Å². The Morgan fingerprint density at radius 3 is 2.48 bits per heavy atom. The Balaban J connectivity index is 1.80. The molecule has 0 saturated heterocycles. The number of rotatable bonds is 6. The van der Waals surface area contributed by atoms with Crippen molar-refractivity contribution in [2.45, 2.75) is 16.5 Å². The predicted octanol–water partition coefficient (Wildman–Crippen LogP) is 5.28. The summed E-state index contributed by atoms with van der Waals surface area (Å²) < 4.78 is 52.1. The van der Waals surface area contributed by atoms with E-state index in [4.69, 9.17) is 8.83 Å². The van der Waals surface area contributed by atoms with Crippen molar-refractivity contribution in [1.29, 1.82) is 0 Å². The van der Waals surface area contributed by atoms with Crippen LogP contribution in [0.2, 0.25) is 0 Å². The van der Waals surface area contributed by atoms with Crippen LogP contribution in [0.5, 0.6) is 0 Å². The first-order valence-corrected chi connectivity index (χ1v) is 10.8. The first kappa shape index (κ1) is 19.4. The molecule has 0 amide bonds. The van der Waals surface area contributed by atoms with E-state index in [1.165, 1.54) is 36.6 Å². The number of halogens is 2. The number of sulfone groups is 1. The Hall–Kier alpha value is -2.91. The minimum absolute atomic E-state index is 0.0372. The van der Waals surface area contributed by atoms with Gasteiger partial charge < -0.3 is 14.2 Å². The van der Waals surface area contributed by atoms with Gasteiger partial charge in [0.25, 0.3) is 0 Å². The van der Waals surface area contributed by atoms with E-state index in [1.807, 2.05) is 0 Å².